The van der Waals surface area contributed by atoms with Gasteiger partial charge in [0.25, 0.3) is 0 Å². The quantitative estimate of drug-likeness (QED) is 0.518. The van der Waals surface area contributed by atoms with Gasteiger partial charge in [0, 0.05) is 12.4 Å². The van der Waals surface area contributed by atoms with E-state index in [1.165, 1.54) is 0 Å². The molecule has 0 spiro atoms. The molecule has 0 aliphatic heterocycles. The van der Waals surface area contributed by atoms with Crippen LogP contribution in [-0.2, 0) is 6.54 Å². The molecule has 8 heavy (non-hydrogen) atoms. The molecule has 0 amide bonds. The second kappa shape index (κ2) is 2.31. The number of rotatable bonds is 2. The van der Waals surface area contributed by atoms with Crippen LogP contribution >= 0.6 is 0 Å². The lowest BCUT2D eigenvalue weighted by Crippen LogP contribution is -1.92. The Hall–Kier alpha value is -1.05. The van der Waals surface area contributed by atoms with Gasteiger partial charge in [-0.1, -0.05) is 6.08 Å². The summed E-state index contributed by atoms with van der Waals surface area (Å²) in [7, 11) is 0. The van der Waals surface area contributed by atoms with Gasteiger partial charge < -0.3 is 0 Å². The fraction of sp³-hybridized carbons (Fsp3) is 0.167. The van der Waals surface area contributed by atoms with Gasteiger partial charge >= 0.3 is 0 Å². The second-order valence-electron chi connectivity index (χ2n) is 1.52. The van der Waals surface area contributed by atoms with E-state index in [9.17, 15) is 0 Å². The minimum atomic E-state index is 0.799. The predicted molar refractivity (Wildman–Crippen MR) is 32.4 cm³/mol. The zero-order valence-corrected chi connectivity index (χ0v) is 4.62. The van der Waals surface area contributed by atoms with Gasteiger partial charge in [-0.15, -0.1) is 6.58 Å². The second-order valence-corrected chi connectivity index (χ2v) is 1.52. The maximum absolute atomic E-state index is 3.95. The minimum Gasteiger partial charge on any atom is -0.269 e. The molecule has 0 aliphatic rings. The van der Waals surface area contributed by atoms with Crippen LogP contribution < -0.4 is 0 Å². The van der Waals surface area contributed by atoms with Gasteiger partial charge in [0.05, 0.1) is 6.54 Å². The Morgan fingerprint density at radius 1 is 1.75 bits per heavy atom. The molecule has 0 saturated heterocycles. The Labute approximate surface area is 48.4 Å². The van der Waals surface area contributed by atoms with E-state index in [4.69, 9.17) is 0 Å². The molecule has 0 fully saturated rings. The molecule has 0 aromatic carbocycles. The van der Waals surface area contributed by atoms with E-state index in [-0.39, 0.29) is 0 Å². The Morgan fingerprint density at radius 3 is 3.12 bits per heavy atom. The van der Waals surface area contributed by atoms with Crippen LogP contribution in [-0.4, -0.2) is 9.78 Å². The number of aromatic nitrogens is 2. The first-order valence-electron chi connectivity index (χ1n) is 2.52. The minimum absolute atomic E-state index is 0.799. The fourth-order valence-corrected chi connectivity index (χ4v) is 0.541. The summed E-state index contributed by atoms with van der Waals surface area (Å²) in [4.78, 5) is 0. The van der Waals surface area contributed by atoms with Crippen molar-refractivity contribution in [3.63, 3.8) is 0 Å². The number of hydrogen-bond acceptors (Lipinski definition) is 1. The van der Waals surface area contributed by atoms with Crippen molar-refractivity contribution >= 4 is 0 Å². The zero-order chi connectivity index (χ0) is 5.82. The van der Waals surface area contributed by atoms with Gasteiger partial charge in [-0.3, -0.25) is 4.68 Å². The number of allylic oxidation sites excluding steroid dienone is 1. The summed E-state index contributed by atoms with van der Waals surface area (Å²) in [5, 5.41) is 3.95. The van der Waals surface area contributed by atoms with Gasteiger partial charge in [-0.2, -0.15) is 5.10 Å². The molecule has 1 aromatic rings. The summed E-state index contributed by atoms with van der Waals surface area (Å²) in [6, 6.07) is 1.89. The van der Waals surface area contributed by atoms with E-state index in [0.717, 1.165) is 6.54 Å². The SMILES string of the molecule is C=CCn1cccn1. The van der Waals surface area contributed by atoms with Crippen molar-refractivity contribution in [1.82, 2.24) is 9.78 Å². The smallest absolute Gasteiger partial charge is 0.0587 e. The van der Waals surface area contributed by atoms with E-state index in [1.807, 2.05) is 23.0 Å². The molecule has 0 bridgehead atoms. The molecule has 1 rings (SSSR count). The van der Waals surface area contributed by atoms with Crippen LogP contribution in [0.25, 0.3) is 0 Å². The Kier molecular flexibility index (Phi) is 1.47. The van der Waals surface area contributed by atoms with Crippen LogP contribution in [0.5, 0.6) is 0 Å². The number of hydrogen-bond donors (Lipinski definition) is 0. The first kappa shape index (κ1) is 5.09. The highest BCUT2D eigenvalue weighted by Gasteiger charge is 1.79. The summed E-state index contributed by atoms with van der Waals surface area (Å²) in [5.41, 5.74) is 0. The molecule has 2 nitrogen and oxygen atoms in total. The summed E-state index contributed by atoms with van der Waals surface area (Å²) in [6.45, 7) is 4.37. The third-order valence-corrected chi connectivity index (χ3v) is 0.875. The van der Waals surface area contributed by atoms with Crippen LogP contribution in [0.4, 0.5) is 0 Å². The lowest BCUT2D eigenvalue weighted by molar-refractivity contribution is 0.703. The molecule has 0 atom stereocenters. The normalized spacial score (nSPS) is 9.00. The molecule has 0 N–H and O–H groups in total. The van der Waals surface area contributed by atoms with Crippen molar-refractivity contribution in [2.24, 2.45) is 0 Å². The molecule has 1 heterocycles. The summed E-state index contributed by atoms with van der Waals surface area (Å²) in [5.74, 6) is 0. The number of nitrogens with zero attached hydrogens (tertiary/aromatic N) is 2. The van der Waals surface area contributed by atoms with Crippen molar-refractivity contribution in [2.45, 2.75) is 6.54 Å². The maximum atomic E-state index is 3.95. The largest absolute Gasteiger partial charge is 0.269 e. The van der Waals surface area contributed by atoms with Crippen LogP contribution in [0.15, 0.2) is 31.1 Å². The molecule has 42 valence electrons. The average molecular weight is 108 g/mol. The third-order valence-electron chi connectivity index (χ3n) is 0.875. The summed E-state index contributed by atoms with van der Waals surface area (Å²) in [6.07, 6.45) is 5.47. The molecule has 0 radical (unpaired) electrons. The van der Waals surface area contributed by atoms with Crippen LogP contribution in [0.2, 0.25) is 0 Å². The van der Waals surface area contributed by atoms with Crippen molar-refractivity contribution in [3.05, 3.63) is 31.1 Å². The lowest BCUT2D eigenvalue weighted by atomic mass is 10.6. The lowest BCUT2D eigenvalue weighted by Gasteiger charge is -1.89. The van der Waals surface area contributed by atoms with Gasteiger partial charge in [0.2, 0.25) is 0 Å². The van der Waals surface area contributed by atoms with Gasteiger partial charge in [0.15, 0.2) is 0 Å². The van der Waals surface area contributed by atoms with Gasteiger partial charge in [0.1, 0.15) is 0 Å². The highest BCUT2D eigenvalue weighted by molar-refractivity contribution is 4.80. The first-order chi connectivity index (χ1) is 3.93. The van der Waals surface area contributed by atoms with Crippen molar-refractivity contribution < 1.29 is 0 Å². The molecule has 0 unspecified atom stereocenters. The Bertz CT molecular complexity index is 153. The van der Waals surface area contributed by atoms with Gasteiger partial charge in [-0.25, -0.2) is 0 Å². The van der Waals surface area contributed by atoms with Crippen molar-refractivity contribution in [2.75, 3.05) is 0 Å². The summed E-state index contributed by atoms with van der Waals surface area (Å²) < 4.78 is 1.81. The van der Waals surface area contributed by atoms with Crippen molar-refractivity contribution in [1.29, 1.82) is 0 Å². The van der Waals surface area contributed by atoms with E-state index in [0.29, 0.717) is 0 Å². The average Bonchev–Trinajstić information content (AvgIpc) is 2.19. The predicted octanol–water partition coefficient (Wildman–Crippen LogP) is 1.07. The van der Waals surface area contributed by atoms with E-state index >= 15 is 0 Å². The van der Waals surface area contributed by atoms with Crippen molar-refractivity contribution in [3.8, 4) is 0 Å². The van der Waals surface area contributed by atoms with Crippen LogP contribution in [0.3, 0.4) is 0 Å². The van der Waals surface area contributed by atoms with E-state index < -0.39 is 0 Å². The molecule has 0 saturated carbocycles. The Morgan fingerprint density at radius 2 is 2.62 bits per heavy atom. The fourth-order valence-electron chi connectivity index (χ4n) is 0.541. The monoisotopic (exact) mass is 108 g/mol. The van der Waals surface area contributed by atoms with Crippen LogP contribution in [0.1, 0.15) is 0 Å². The third kappa shape index (κ3) is 0.964. The maximum Gasteiger partial charge on any atom is 0.0587 e. The summed E-state index contributed by atoms with van der Waals surface area (Å²) >= 11 is 0. The van der Waals surface area contributed by atoms with E-state index in [2.05, 4.69) is 11.7 Å². The van der Waals surface area contributed by atoms with Crippen LogP contribution in [0, 0.1) is 0 Å². The topological polar surface area (TPSA) is 17.8 Å². The highest BCUT2D eigenvalue weighted by atomic mass is 15.3. The molecule has 0 aliphatic carbocycles. The molecule has 2 heteroatoms. The van der Waals surface area contributed by atoms with Gasteiger partial charge in [-0.05, 0) is 6.07 Å². The first-order valence-corrected chi connectivity index (χ1v) is 2.52. The molecular formula is C6H8N2. The molecule has 1 aromatic heterocycles. The zero-order valence-electron chi connectivity index (χ0n) is 4.62. The molecular weight excluding hydrogens is 100 g/mol. The Balaban J connectivity index is 2.62. The standard InChI is InChI=1S/C6H8N2/c1-2-5-8-6-3-4-7-8/h2-4,6H,1,5H2. The highest BCUT2D eigenvalue weighted by Crippen LogP contribution is 1.82. The van der Waals surface area contributed by atoms with E-state index in [1.54, 1.807) is 6.20 Å².